The summed E-state index contributed by atoms with van der Waals surface area (Å²) >= 11 is 5.14. The summed E-state index contributed by atoms with van der Waals surface area (Å²) in [6.07, 6.45) is 2.63. The van der Waals surface area contributed by atoms with Crippen LogP contribution in [-0.4, -0.2) is 31.6 Å². The third-order valence-electron chi connectivity index (χ3n) is 0.951. The van der Waals surface area contributed by atoms with Crippen LogP contribution >= 0.6 is 23.9 Å². The molecule has 0 N–H and O–H groups in total. The van der Waals surface area contributed by atoms with E-state index in [0.29, 0.717) is 0 Å². The van der Waals surface area contributed by atoms with Crippen LogP contribution in [0.4, 0.5) is 0 Å². The first kappa shape index (κ1) is 10.4. The summed E-state index contributed by atoms with van der Waals surface area (Å²) in [7, 11) is 3.06. The molecule has 0 saturated heterocycles. The first-order valence-corrected chi connectivity index (χ1v) is 8.90. The molecule has 0 radical (unpaired) electrons. The molecule has 0 bridgehead atoms. The Kier molecular flexibility index (Phi) is 7.05. The fourth-order valence-corrected chi connectivity index (χ4v) is 7.45. The van der Waals surface area contributed by atoms with Crippen LogP contribution in [0.5, 0.6) is 0 Å². The Morgan fingerprint density at radius 3 is 2.56 bits per heavy atom. The predicted octanol–water partition coefficient (Wildman–Crippen LogP) is 2.50. The van der Waals surface area contributed by atoms with E-state index in [2.05, 4.69) is 22.6 Å². The van der Waals surface area contributed by atoms with Crippen molar-refractivity contribution in [1.29, 1.82) is 0 Å². The van der Waals surface area contributed by atoms with Gasteiger partial charge in [0.1, 0.15) is 12.6 Å². The zero-order chi connectivity index (χ0) is 7.28. The normalized spacial score (nSPS) is 15.2. The third kappa shape index (κ3) is 7.27. The first-order valence-electron chi connectivity index (χ1n) is 2.93. The van der Waals surface area contributed by atoms with Crippen LogP contribution in [0.3, 0.4) is 0 Å². The molecule has 9 heavy (non-hydrogen) atoms. The summed E-state index contributed by atoms with van der Waals surface area (Å²) in [5, 5.41) is 0. The lowest BCUT2D eigenvalue weighted by atomic mass is 11.0. The van der Waals surface area contributed by atoms with Gasteiger partial charge in [-0.05, 0) is 19.0 Å². The molecule has 4 heteroatoms. The van der Waals surface area contributed by atoms with E-state index < -0.39 is 0 Å². The van der Waals surface area contributed by atoms with Crippen LogP contribution in [0.1, 0.15) is 0 Å². The van der Waals surface area contributed by atoms with E-state index in [1.807, 2.05) is 0 Å². The molecule has 0 spiro atoms. The van der Waals surface area contributed by atoms with E-state index in [1.165, 1.54) is 18.2 Å². The molecular weight excluding hydrogens is 185 g/mol. The quantitative estimate of drug-likeness (QED) is 0.627. The summed E-state index contributed by atoms with van der Waals surface area (Å²) < 4.78 is 0. The lowest BCUT2D eigenvalue weighted by Gasteiger charge is -2.01. The van der Waals surface area contributed by atoms with Gasteiger partial charge in [0, 0.05) is 0 Å². The summed E-state index contributed by atoms with van der Waals surface area (Å²) in [5.74, 6) is 1.33. The molecule has 0 saturated carbocycles. The maximum Gasteiger partial charge on any atom is 0.176 e. The van der Waals surface area contributed by atoms with Gasteiger partial charge in [0.25, 0.3) is 0 Å². The fraction of sp³-hybridized carbons (Fsp3) is 1.00. The van der Waals surface area contributed by atoms with E-state index in [4.69, 9.17) is 11.8 Å². The van der Waals surface area contributed by atoms with E-state index >= 15 is 0 Å². The van der Waals surface area contributed by atoms with Crippen molar-refractivity contribution in [1.82, 2.24) is 0 Å². The van der Waals surface area contributed by atoms with Crippen LogP contribution in [0.15, 0.2) is 0 Å². The van der Waals surface area contributed by atoms with Crippen molar-refractivity contribution in [2.24, 2.45) is 0 Å². The Bertz CT molecular complexity index is 94.2. The van der Waals surface area contributed by atoms with Gasteiger partial charge < -0.3 is 0 Å². The van der Waals surface area contributed by atoms with Gasteiger partial charge >= 0.3 is 0 Å². The zero-order valence-corrected chi connectivity index (χ0v) is 9.76. The SMILES string of the molecule is CP(CCP)C[P+](C)=S. The Balaban J connectivity index is 3.26. The predicted molar refractivity (Wildman–Crippen MR) is 57.4 cm³/mol. The number of rotatable bonds is 4. The average molecular weight is 199 g/mol. The summed E-state index contributed by atoms with van der Waals surface area (Å²) in [6.45, 7) is 4.49. The molecule has 54 valence electrons. The standard InChI is InChI=1S/C5H14P3S/c1-7(4-3-6)5-8(2)9/h3-6H2,1-2H3/q+1. The lowest BCUT2D eigenvalue weighted by Crippen LogP contribution is -1.84. The number of hydrogen-bond donors (Lipinski definition) is 0. The highest BCUT2D eigenvalue weighted by molar-refractivity contribution is 8.07. The Morgan fingerprint density at radius 1 is 1.67 bits per heavy atom. The van der Waals surface area contributed by atoms with Crippen LogP contribution in [0, 0.1) is 0 Å². The molecule has 0 aliphatic rings. The van der Waals surface area contributed by atoms with E-state index in [1.54, 1.807) is 0 Å². The molecule has 0 nitrogen and oxygen atoms in total. The second kappa shape index (κ2) is 6.11. The molecule has 0 aliphatic heterocycles. The van der Waals surface area contributed by atoms with Crippen molar-refractivity contribution in [3.63, 3.8) is 0 Å². The molecule has 0 aromatic heterocycles. The Labute approximate surface area is 67.6 Å². The minimum absolute atomic E-state index is 0.0485. The second-order valence-electron chi connectivity index (χ2n) is 2.14. The summed E-state index contributed by atoms with van der Waals surface area (Å²) in [6, 6.07) is 0. The van der Waals surface area contributed by atoms with Gasteiger partial charge in [-0.1, -0.05) is 7.92 Å². The Hall–Kier alpha value is 1.38. The topological polar surface area (TPSA) is 0 Å². The molecule has 0 heterocycles. The summed E-state index contributed by atoms with van der Waals surface area (Å²) in [4.78, 5) is 0. The highest BCUT2D eigenvalue weighted by Gasteiger charge is 2.07. The maximum atomic E-state index is 5.14. The average Bonchev–Trinajstić information content (AvgIpc) is 1.63. The number of hydrogen-bond acceptors (Lipinski definition) is 1. The molecule has 0 rings (SSSR count). The third-order valence-corrected chi connectivity index (χ3v) is 7.31. The van der Waals surface area contributed by atoms with Crippen molar-refractivity contribution < 1.29 is 0 Å². The highest BCUT2D eigenvalue weighted by Crippen LogP contribution is 2.39. The van der Waals surface area contributed by atoms with Crippen molar-refractivity contribution in [3.8, 4) is 0 Å². The maximum absolute atomic E-state index is 5.14. The van der Waals surface area contributed by atoms with Crippen molar-refractivity contribution in [2.75, 3.05) is 31.6 Å². The van der Waals surface area contributed by atoms with Gasteiger partial charge in [-0.2, -0.15) is 0 Å². The molecular formula is C5H14P3S+. The van der Waals surface area contributed by atoms with Gasteiger partial charge in [0.15, 0.2) is 18.5 Å². The van der Waals surface area contributed by atoms with Crippen LogP contribution < -0.4 is 0 Å². The molecule has 3 unspecified atom stereocenters. The van der Waals surface area contributed by atoms with Gasteiger partial charge in [-0.15, -0.1) is 9.24 Å². The van der Waals surface area contributed by atoms with Gasteiger partial charge in [0.05, 0.1) is 0 Å². The lowest BCUT2D eigenvalue weighted by molar-refractivity contribution is 1.52. The minimum Gasteiger partial charge on any atom is -0.137 e. The van der Waals surface area contributed by atoms with Crippen LogP contribution in [-0.2, 0) is 11.8 Å². The largest absolute Gasteiger partial charge is 0.176 e. The van der Waals surface area contributed by atoms with Crippen LogP contribution in [0.2, 0.25) is 0 Å². The van der Waals surface area contributed by atoms with Crippen LogP contribution in [0.25, 0.3) is 0 Å². The monoisotopic (exact) mass is 199 g/mol. The molecule has 0 fully saturated rings. The molecule has 0 aliphatic carbocycles. The summed E-state index contributed by atoms with van der Waals surface area (Å²) in [5.41, 5.74) is 0. The smallest absolute Gasteiger partial charge is 0.137 e. The molecule has 3 atom stereocenters. The van der Waals surface area contributed by atoms with Gasteiger partial charge in [0.2, 0.25) is 0 Å². The second-order valence-corrected chi connectivity index (χ2v) is 9.13. The van der Waals surface area contributed by atoms with E-state index in [-0.39, 0.29) is 14.6 Å². The van der Waals surface area contributed by atoms with Gasteiger partial charge in [-0.25, -0.2) is 0 Å². The molecule has 0 amide bonds. The minimum atomic E-state index is -0.0485. The van der Waals surface area contributed by atoms with Crippen molar-refractivity contribution >= 4 is 35.7 Å². The van der Waals surface area contributed by atoms with E-state index in [0.717, 1.165) is 0 Å². The first-order chi connectivity index (χ1) is 4.16. The van der Waals surface area contributed by atoms with Gasteiger partial charge in [-0.3, -0.25) is 0 Å². The Morgan fingerprint density at radius 2 is 2.22 bits per heavy atom. The zero-order valence-electron chi connectivity index (χ0n) is 6.00. The fourth-order valence-electron chi connectivity index (χ4n) is 0.631. The highest BCUT2D eigenvalue weighted by atomic mass is 32.4. The molecule has 0 aromatic carbocycles. The van der Waals surface area contributed by atoms with Crippen molar-refractivity contribution in [2.45, 2.75) is 0 Å². The van der Waals surface area contributed by atoms with Crippen molar-refractivity contribution in [3.05, 3.63) is 0 Å². The molecule has 0 aromatic rings. The van der Waals surface area contributed by atoms with E-state index in [9.17, 15) is 0 Å².